The molecule has 0 saturated heterocycles. The Bertz CT molecular complexity index is 264. The highest BCUT2D eigenvalue weighted by Gasteiger charge is 2.45. The van der Waals surface area contributed by atoms with Gasteiger partial charge in [-0.1, -0.05) is 12.2 Å². The van der Waals surface area contributed by atoms with Crippen molar-refractivity contribution in [1.82, 2.24) is 0 Å². The second-order valence-corrected chi connectivity index (χ2v) is 4.51. The van der Waals surface area contributed by atoms with Gasteiger partial charge in [0.05, 0.1) is 0 Å². The highest BCUT2D eigenvalue weighted by atomic mass is 14.6. The fourth-order valence-corrected chi connectivity index (χ4v) is 3.41. The van der Waals surface area contributed by atoms with Crippen molar-refractivity contribution in [3.63, 3.8) is 0 Å². The van der Waals surface area contributed by atoms with E-state index < -0.39 is 0 Å². The van der Waals surface area contributed by atoms with Gasteiger partial charge in [0, 0.05) is 5.70 Å². The first-order valence-corrected chi connectivity index (χ1v) is 5.00. The van der Waals surface area contributed by atoms with E-state index in [0.717, 1.165) is 29.4 Å². The molecule has 2 bridgehead atoms. The first kappa shape index (κ1) is 6.76. The summed E-state index contributed by atoms with van der Waals surface area (Å²) in [6.07, 6.45) is 11.1. The van der Waals surface area contributed by atoms with Crippen LogP contribution in [0.1, 0.15) is 19.3 Å². The summed E-state index contributed by atoms with van der Waals surface area (Å²) < 4.78 is 0. The molecule has 4 atom stereocenters. The first-order chi connectivity index (χ1) is 5.84. The van der Waals surface area contributed by atoms with Gasteiger partial charge in [0.2, 0.25) is 0 Å². The number of allylic oxidation sites excluding steroid dienone is 3. The van der Waals surface area contributed by atoms with Crippen molar-refractivity contribution < 1.29 is 0 Å². The third-order valence-electron chi connectivity index (χ3n) is 3.94. The Morgan fingerprint density at radius 3 is 2.75 bits per heavy atom. The van der Waals surface area contributed by atoms with Crippen LogP contribution < -0.4 is 5.73 Å². The van der Waals surface area contributed by atoms with Crippen LogP contribution in [0.5, 0.6) is 0 Å². The minimum Gasteiger partial charge on any atom is -0.399 e. The maximum atomic E-state index is 5.80. The lowest BCUT2D eigenvalue weighted by Crippen LogP contribution is -2.22. The highest BCUT2D eigenvalue weighted by molar-refractivity contribution is 5.26. The Balaban J connectivity index is 1.96. The van der Waals surface area contributed by atoms with Crippen molar-refractivity contribution in [2.75, 3.05) is 0 Å². The third-order valence-corrected chi connectivity index (χ3v) is 3.94. The molecule has 3 aliphatic rings. The van der Waals surface area contributed by atoms with Crippen LogP contribution >= 0.6 is 0 Å². The summed E-state index contributed by atoms with van der Waals surface area (Å²) in [6.45, 7) is 0. The molecule has 0 amide bonds. The molecule has 0 aromatic carbocycles. The van der Waals surface area contributed by atoms with E-state index in [9.17, 15) is 0 Å². The number of nitrogens with two attached hydrogens (primary N) is 1. The maximum Gasteiger partial charge on any atom is 0.0273 e. The van der Waals surface area contributed by atoms with Crippen molar-refractivity contribution in [3.05, 3.63) is 23.9 Å². The van der Waals surface area contributed by atoms with Gasteiger partial charge in [-0.15, -0.1) is 0 Å². The van der Waals surface area contributed by atoms with Crippen molar-refractivity contribution >= 4 is 0 Å². The van der Waals surface area contributed by atoms with E-state index in [1.165, 1.54) is 19.3 Å². The monoisotopic (exact) mass is 161 g/mol. The Morgan fingerprint density at radius 2 is 1.92 bits per heavy atom. The number of hydrogen-bond acceptors (Lipinski definition) is 1. The Morgan fingerprint density at radius 1 is 1.17 bits per heavy atom. The van der Waals surface area contributed by atoms with Crippen LogP contribution in [0.15, 0.2) is 23.9 Å². The van der Waals surface area contributed by atoms with Gasteiger partial charge in [-0.05, 0) is 49.0 Å². The molecule has 2 saturated carbocycles. The third kappa shape index (κ3) is 0.742. The summed E-state index contributed by atoms with van der Waals surface area (Å²) in [5.74, 6) is 3.59. The smallest absolute Gasteiger partial charge is 0.0273 e. The minimum atomic E-state index is 0.800. The van der Waals surface area contributed by atoms with E-state index in [1.807, 2.05) is 0 Å². The van der Waals surface area contributed by atoms with E-state index in [2.05, 4.69) is 18.2 Å². The Kier molecular flexibility index (Phi) is 1.21. The zero-order valence-electron chi connectivity index (χ0n) is 7.24. The van der Waals surface area contributed by atoms with Crippen LogP contribution in [0.2, 0.25) is 0 Å². The summed E-state index contributed by atoms with van der Waals surface area (Å²) in [5.41, 5.74) is 6.79. The zero-order valence-corrected chi connectivity index (χ0v) is 7.24. The normalized spacial score (nSPS) is 49.2. The van der Waals surface area contributed by atoms with E-state index in [0.29, 0.717) is 0 Å². The molecule has 0 aromatic heterocycles. The summed E-state index contributed by atoms with van der Waals surface area (Å²) in [5, 5.41) is 0. The number of rotatable bonds is 0. The lowest BCUT2D eigenvalue weighted by atomic mass is 9.77. The fourth-order valence-electron chi connectivity index (χ4n) is 3.41. The molecule has 3 rings (SSSR count). The van der Waals surface area contributed by atoms with Gasteiger partial charge in [-0.2, -0.15) is 0 Å². The molecule has 1 nitrogen and oxygen atoms in total. The SMILES string of the molecule is NC1=CC2C3CCC(C3)[C@@H]2C=C1. The molecule has 0 heterocycles. The highest BCUT2D eigenvalue weighted by Crippen LogP contribution is 2.54. The standard InChI is InChI=1S/C11H15N/c12-9-3-4-10-7-1-2-8(5-7)11(10)6-9/h3-4,6-8,10-11H,1-2,5,12H2/t7?,8?,10-,11?/m0/s1. The maximum absolute atomic E-state index is 5.80. The Labute approximate surface area is 73.3 Å². The van der Waals surface area contributed by atoms with Gasteiger partial charge in [-0.25, -0.2) is 0 Å². The molecule has 64 valence electrons. The summed E-state index contributed by atoms with van der Waals surface area (Å²) in [4.78, 5) is 0. The average Bonchev–Trinajstić information content (AvgIpc) is 2.63. The summed E-state index contributed by atoms with van der Waals surface area (Å²) in [6, 6.07) is 0. The van der Waals surface area contributed by atoms with Crippen LogP contribution in [0.3, 0.4) is 0 Å². The summed E-state index contributed by atoms with van der Waals surface area (Å²) in [7, 11) is 0. The second kappa shape index (κ2) is 2.15. The molecular weight excluding hydrogens is 146 g/mol. The molecule has 0 spiro atoms. The molecule has 0 radical (unpaired) electrons. The largest absolute Gasteiger partial charge is 0.399 e. The van der Waals surface area contributed by atoms with Crippen LogP contribution in [0.25, 0.3) is 0 Å². The molecule has 2 fully saturated rings. The van der Waals surface area contributed by atoms with Crippen molar-refractivity contribution in [2.45, 2.75) is 19.3 Å². The lowest BCUT2D eigenvalue weighted by molar-refractivity contribution is 0.314. The topological polar surface area (TPSA) is 26.0 Å². The van der Waals surface area contributed by atoms with E-state index >= 15 is 0 Å². The Hall–Kier alpha value is -0.720. The lowest BCUT2D eigenvalue weighted by Gasteiger charge is -2.29. The molecule has 1 heteroatoms. The van der Waals surface area contributed by atoms with Gasteiger partial charge < -0.3 is 5.73 Å². The van der Waals surface area contributed by atoms with E-state index in [1.54, 1.807) is 0 Å². The minimum absolute atomic E-state index is 0.800. The quantitative estimate of drug-likeness (QED) is 0.578. The van der Waals surface area contributed by atoms with Crippen LogP contribution in [0.4, 0.5) is 0 Å². The molecule has 3 unspecified atom stereocenters. The van der Waals surface area contributed by atoms with Gasteiger partial charge in [0.15, 0.2) is 0 Å². The van der Waals surface area contributed by atoms with Gasteiger partial charge >= 0.3 is 0 Å². The number of hydrogen-bond donors (Lipinski definition) is 1. The van der Waals surface area contributed by atoms with Crippen LogP contribution in [-0.2, 0) is 0 Å². The molecule has 0 aliphatic heterocycles. The first-order valence-electron chi connectivity index (χ1n) is 5.00. The predicted molar refractivity (Wildman–Crippen MR) is 49.2 cm³/mol. The molecule has 2 N–H and O–H groups in total. The predicted octanol–water partition coefficient (Wildman–Crippen LogP) is 2.06. The van der Waals surface area contributed by atoms with Crippen molar-refractivity contribution in [1.29, 1.82) is 0 Å². The fraction of sp³-hybridized carbons (Fsp3) is 0.636. The van der Waals surface area contributed by atoms with Gasteiger partial charge in [0.25, 0.3) is 0 Å². The second-order valence-electron chi connectivity index (χ2n) is 4.51. The van der Waals surface area contributed by atoms with E-state index in [4.69, 9.17) is 5.73 Å². The zero-order chi connectivity index (χ0) is 8.13. The average molecular weight is 161 g/mol. The van der Waals surface area contributed by atoms with Gasteiger partial charge in [-0.3, -0.25) is 0 Å². The summed E-state index contributed by atoms with van der Waals surface area (Å²) >= 11 is 0. The van der Waals surface area contributed by atoms with Crippen LogP contribution in [-0.4, -0.2) is 0 Å². The molecule has 3 aliphatic carbocycles. The molecule has 0 aromatic rings. The van der Waals surface area contributed by atoms with E-state index in [-0.39, 0.29) is 0 Å². The van der Waals surface area contributed by atoms with Crippen molar-refractivity contribution in [2.24, 2.45) is 29.4 Å². The number of fused-ring (bicyclic) bond motifs is 5. The van der Waals surface area contributed by atoms with Crippen molar-refractivity contribution in [3.8, 4) is 0 Å². The van der Waals surface area contributed by atoms with Crippen LogP contribution in [0, 0.1) is 23.7 Å². The van der Waals surface area contributed by atoms with Gasteiger partial charge in [0.1, 0.15) is 0 Å². The molecule has 12 heavy (non-hydrogen) atoms. The molecular formula is C11H15N.